The molecule has 0 bridgehead atoms. The van der Waals surface area contributed by atoms with Gasteiger partial charge in [-0.25, -0.2) is 0 Å². The molecule has 1 amide bonds. The number of hydrogen-bond donors (Lipinski definition) is 2. The van der Waals surface area contributed by atoms with Gasteiger partial charge < -0.3 is 15.4 Å². The zero-order valence-electron chi connectivity index (χ0n) is 10.6. The molecule has 1 aromatic rings. The first-order chi connectivity index (χ1) is 9.08. The Morgan fingerprint density at radius 1 is 1.42 bits per heavy atom. The van der Waals surface area contributed by atoms with Gasteiger partial charge in [-0.05, 0) is 17.7 Å². The Morgan fingerprint density at radius 2 is 2.21 bits per heavy atom. The highest BCUT2D eigenvalue weighted by atomic mass is 35.5. The van der Waals surface area contributed by atoms with Gasteiger partial charge in [0.05, 0.1) is 22.7 Å². The van der Waals surface area contributed by atoms with Gasteiger partial charge in [0.2, 0.25) is 5.91 Å². The number of ether oxygens (including phenoxy) is 1. The summed E-state index contributed by atoms with van der Waals surface area (Å²) in [6.45, 7) is 3.50. The topological polar surface area (TPSA) is 50.4 Å². The van der Waals surface area contributed by atoms with Crippen LogP contribution in [-0.2, 0) is 9.53 Å². The van der Waals surface area contributed by atoms with Crippen LogP contribution in [0.25, 0.3) is 0 Å². The Morgan fingerprint density at radius 3 is 2.89 bits per heavy atom. The lowest BCUT2D eigenvalue weighted by Crippen LogP contribution is -2.43. The molecule has 104 valence electrons. The largest absolute Gasteiger partial charge is 0.370 e. The molecule has 1 aromatic carbocycles. The molecule has 1 aliphatic heterocycles. The normalized spacial score (nSPS) is 23.7. The predicted octanol–water partition coefficient (Wildman–Crippen LogP) is 2.16. The van der Waals surface area contributed by atoms with Crippen molar-refractivity contribution >= 4 is 29.1 Å². The van der Waals surface area contributed by atoms with Crippen molar-refractivity contribution in [2.45, 2.75) is 19.1 Å². The summed E-state index contributed by atoms with van der Waals surface area (Å²) < 4.78 is 5.82. The van der Waals surface area contributed by atoms with Crippen LogP contribution < -0.4 is 10.6 Å². The Labute approximate surface area is 122 Å². The highest BCUT2D eigenvalue weighted by Crippen LogP contribution is 2.29. The van der Waals surface area contributed by atoms with Gasteiger partial charge in [-0.1, -0.05) is 29.3 Å². The van der Waals surface area contributed by atoms with E-state index < -0.39 is 0 Å². The van der Waals surface area contributed by atoms with Crippen molar-refractivity contribution in [1.29, 1.82) is 0 Å². The zero-order chi connectivity index (χ0) is 13.8. The van der Waals surface area contributed by atoms with Crippen LogP contribution in [0.3, 0.4) is 0 Å². The van der Waals surface area contributed by atoms with Crippen LogP contribution in [0.2, 0.25) is 10.0 Å². The van der Waals surface area contributed by atoms with Crippen LogP contribution in [0, 0.1) is 0 Å². The highest BCUT2D eigenvalue weighted by Gasteiger charge is 2.27. The average molecular weight is 303 g/mol. The number of halogens is 2. The van der Waals surface area contributed by atoms with E-state index in [4.69, 9.17) is 27.9 Å². The molecule has 0 saturated carbocycles. The van der Waals surface area contributed by atoms with Crippen molar-refractivity contribution in [3.63, 3.8) is 0 Å². The molecule has 2 rings (SSSR count). The van der Waals surface area contributed by atoms with Gasteiger partial charge in [-0.3, -0.25) is 4.79 Å². The van der Waals surface area contributed by atoms with E-state index >= 15 is 0 Å². The van der Waals surface area contributed by atoms with E-state index in [1.165, 1.54) is 6.92 Å². The van der Waals surface area contributed by atoms with Crippen molar-refractivity contribution in [3.8, 4) is 0 Å². The van der Waals surface area contributed by atoms with Crippen molar-refractivity contribution in [2.24, 2.45) is 0 Å². The molecule has 1 saturated heterocycles. The van der Waals surface area contributed by atoms with Crippen LogP contribution in [-0.4, -0.2) is 31.6 Å². The van der Waals surface area contributed by atoms with Gasteiger partial charge in [0.15, 0.2) is 0 Å². The molecule has 1 fully saturated rings. The van der Waals surface area contributed by atoms with Crippen LogP contribution >= 0.6 is 23.2 Å². The number of hydrogen-bond acceptors (Lipinski definition) is 3. The summed E-state index contributed by atoms with van der Waals surface area (Å²) in [6, 6.07) is 5.27. The second-order valence-electron chi connectivity index (χ2n) is 4.48. The van der Waals surface area contributed by atoms with Gasteiger partial charge in [0.1, 0.15) is 6.10 Å². The Kier molecular flexibility index (Phi) is 5.05. The summed E-state index contributed by atoms with van der Waals surface area (Å²) in [5, 5.41) is 7.13. The lowest BCUT2D eigenvalue weighted by Gasteiger charge is -2.25. The maximum absolute atomic E-state index is 11.3. The standard InChI is InChI=1S/C13H16Cl2N2O2/c1-8(18)17-12-7-16-4-5-19-13(12)9-2-3-10(14)11(15)6-9/h2-3,6,12-13,16H,4-5,7H2,1H3,(H,17,18)/t12-,13?/m0/s1. The van der Waals surface area contributed by atoms with E-state index in [2.05, 4.69) is 10.6 Å². The minimum atomic E-state index is -0.228. The van der Waals surface area contributed by atoms with Crippen LogP contribution in [0.15, 0.2) is 18.2 Å². The van der Waals surface area contributed by atoms with Crippen LogP contribution in [0.4, 0.5) is 0 Å². The lowest BCUT2D eigenvalue weighted by molar-refractivity contribution is -0.120. The molecular formula is C13H16Cl2N2O2. The molecule has 2 atom stereocenters. The molecule has 19 heavy (non-hydrogen) atoms. The van der Waals surface area contributed by atoms with Crippen molar-refractivity contribution < 1.29 is 9.53 Å². The maximum Gasteiger partial charge on any atom is 0.217 e. The summed E-state index contributed by atoms with van der Waals surface area (Å²) in [5.41, 5.74) is 0.914. The fourth-order valence-electron chi connectivity index (χ4n) is 2.14. The molecule has 2 N–H and O–H groups in total. The third-order valence-electron chi connectivity index (χ3n) is 2.97. The third kappa shape index (κ3) is 3.83. The fraction of sp³-hybridized carbons (Fsp3) is 0.462. The SMILES string of the molecule is CC(=O)N[C@H]1CNCCOC1c1ccc(Cl)c(Cl)c1. The van der Waals surface area contributed by atoms with E-state index in [1.807, 2.05) is 6.07 Å². The van der Waals surface area contributed by atoms with E-state index in [0.717, 1.165) is 12.1 Å². The maximum atomic E-state index is 11.3. The first kappa shape index (κ1) is 14.6. The van der Waals surface area contributed by atoms with E-state index in [1.54, 1.807) is 12.1 Å². The van der Waals surface area contributed by atoms with Gasteiger partial charge in [-0.2, -0.15) is 0 Å². The monoisotopic (exact) mass is 302 g/mol. The van der Waals surface area contributed by atoms with E-state index in [9.17, 15) is 4.79 Å². The minimum Gasteiger partial charge on any atom is -0.370 e. The Bertz CT molecular complexity index is 468. The molecular weight excluding hydrogens is 287 g/mol. The van der Waals surface area contributed by atoms with Crippen molar-refractivity contribution in [1.82, 2.24) is 10.6 Å². The fourth-order valence-corrected chi connectivity index (χ4v) is 2.45. The first-order valence-electron chi connectivity index (χ1n) is 6.12. The molecule has 0 radical (unpaired) electrons. The highest BCUT2D eigenvalue weighted by molar-refractivity contribution is 6.42. The first-order valence-corrected chi connectivity index (χ1v) is 6.88. The van der Waals surface area contributed by atoms with E-state index in [-0.39, 0.29) is 18.1 Å². The molecule has 1 unspecified atom stereocenters. The number of carbonyl (C=O) groups excluding carboxylic acids is 1. The smallest absolute Gasteiger partial charge is 0.217 e. The molecule has 4 nitrogen and oxygen atoms in total. The molecule has 1 heterocycles. The molecule has 1 aliphatic rings. The predicted molar refractivity (Wildman–Crippen MR) is 75.6 cm³/mol. The number of rotatable bonds is 2. The summed E-state index contributed by atoms with van der Waals surface area (Å²) in [6.07, 6.45) is -0.228. The average Bonchev–Trinajstić information content (AvgIpc) is 2.57. The third-order valence-corrected chi connectivity index (χ3v) is 3.71. The molecule has 0 spiro atoms. The second kappa shape index (κ2) is 6.57. The minimum absolute atomic E-state index is 0.0811. The molecule has 0 aliphatic carbocycles. The number of benzene rings is 1. The molecule has 0 aromatic heterocycles. The van der Waals surface area contributed by atoms with Gasteiger partial charge in [0, 0.05) is 20.0 Å². The Balaban J connectivity index is 2.25. The van der Waals surface area contributed by atoms with Gasteiger partial charge in [-0.15, -0.1) is 0 Å². The number of nitrogens with one attached hydrogen (secondary N) is 2. The van der Waals surface area contributed by atoms with Crippen molar-refractivity contribution in [3.05, 3.63) is 33.8 Å². The Hall–Kier alpha value is -0.810. The molecule has 6 heteroatoms. The quantitative estimate of drug-likeness (QED) is 0.880. The van der Waals surface area contributed by atoms with Gasteiger partial charge >= 0.3 is 0 Å². The zero-order valence-corrected chi connectivity index (χ0v) is 12.1. The number of carbonyl (C=O) groups is 1. The van der Waals surface area contributed by atoms with Gasteiger partial charge in [0.25, 0.3) is 0 Å². The van der Waals surface area contributed by atoms with Crippen molar-refractivity contribution in [2.75, 3.05) is 19.7 Å². The summed E-state index contributed by atoms with van der Waals surface area (Å²) in [7, 11) is 0. The summed E-state index contributed by atoms with van der Waals surface area (Å²) in [4.78, 5) is 11.3. The number of amides is 1. The second-order valence-corrected chi connectivity index (χ2v) is 5.29. The van der Waals surface area contributed by atoms with Crippen LogP contribution in [0.5, 0.6) is 0 Å². The van der Waals surface area contributed by atoms with Crippen LogP contribution in [0.1, 0.15) is 18.6 Å². The lowest BCUT2D eigenvalue weighted by atomic mass is 10.0. The van der Waals surface area contributed by atoms with E-state index in [0.29, 0.717) is 23.2 Å². The summed E-state index contributed by atoms with van der Waals surface area (Å²) in [5.74, 6) is -0.0811. The summed E-state index contributed by atoms with van der Waals surface area (Å²) >= 11 is 12.0.